The molecule has 2 atom stereocenters. The van der Waals surface area contributed by atoms with Crippen molar-refractivity contribution < 1.29 is 19.4 Å². The lowest BCUT2D eigenvalue weighted by atomic mass is 9.91. The van der Waals surface area contributed by atoms with E-state index in [-0.39, 0.29) is 5.91 Å². The first-order valence-corrected chi connectivity index (χ1v) is 8.96. The molecule has 2 aromatic carbocycles. The van der Waals surface area contributed by atoms with Gasteiger partial charge in [0.05, 0.1) is 12.0 Å². The van der Waals surface area contributed by atoms with E-state index in [0.29, 0.717) is 43.2 Å². The van der Waals surface area contributed by atoms with Gasteiger partial charge in [-0.15, -0.1) is 0 Å². The zero-order chi connectivity index (χ0) is 18.5. The van der Waals surface area contributed by atoms with Crippen molar-refractivity contribution in [3.8, 4) is 11.5 Å². The molecule has 1 amide bonds. The van der Waals surface area contributed by atoms with Gasteiger partial charge in [-0.1, -0.05) is 43.3 Å². The summed E-state index contributed by atoms with van der Waals surface area (Å²) in [4.78, 5) is 14.6. The monoisotopic (exact) mass is 355 g/mol. The van der Waals surface area contributed by atoms with E-state index in [9.17, 15) is 9.90 Å². The van der Waals surface area contributed by atoms with Crippen molar-refractivity contribution in [2.75, 3.05) is 20.3 Å². The van der Waals surface area contributed by atoms with Gasteiger partial charge >= 0.3 is 0 Å². The van der Waals surface area contributed by atoms with Crippen LogP contribution in [0.15, 0.2) is 48.5 Å². The first-order chi connectivity index (χ1) is 12.6. The SMILES string of the molecule is CCC(C(=O)N(C)Cc1ccccc1)C(O)c1ccc2c(c1)OCCO2. The number of rotatable bonds is 6. The Bertz CT molecular complexity index is 747. The molecule has 0 saturated carbocycles. The maximum absolute atomic E-state index is 12.9. The first kappa shape index (κ1) is 18.3. The van der Waals surface area contributed by atoms with Crippen molar-refractivity contribution in [3.05, 3.63) is 59.7 Å². The number of carbonyl (C=O) groups excluding carboxylic acids is 1. The average molecular weight is 355 g/mol. The van der Waals surface area contributed by atoms with Crippen LogP contribution >= 0.6 is 0 Å². The molecule has 0 aromatic heterocycles. The van der Waals surface area contributed by atoms with Gasteiger partial charge in [0.25, 0.3) is 0 Å². The van der Waals surface area contributed by atoms with Crippen LogP contribution in [-0.2, 0) is 11.3 Å². The van der Waals surface area contributed by atoms with Gasteiger partial charge in [0.15, 0.2) is 11.5 Å². The fourth-order valence-corrected chi connectivity index (χ4v) is 3.23. The lowest BCUT2D eigenvalue weighted by Crippen LogP contribution is -2.35. The van der Waals surface area contributed by atoms with Gasteiger partial charge in [0.2, 0.25) is 5.91 Å². The highest BCUT2D eigenvalue weighted by Crippen LogP contribution is 2.35. The van der Waals surface area contributed by atoms with Crippen LogP contribution in [0.2, 0.25) is 0 Å². The molecule has 1 heterocycles. The number of hydrogen-bond acceptors (Lipinski definition) is 4. The zero-order valence-electron chi connectivity index (χ0n) is 15.2. The Kier molecular flexibility index (Phi) is 5.78. The van der Waals surface area contributed by atoms with Crippen LogP contribution in [0.1, 0.15) is 30.6 Å². The summed E-state index contributed by atoms with van der Waals surface area (Å²) in [5.74, 6) is 0.713. The Balaban J connectivity index is 1.73. The number of hydrogen-bond donors (Lipinski definition) is 1. The highest BCUT2D eigenvalue weighted by atomic mass is 16.6. The number of aliphatic hydroxyl groups excluding tert-OH is 1. The Labute approximate surface area is 154 Å². The molecule has 1 N–H and O–H groups in total. The van der Waals surface area contributed by atoms with Crippen molar-refractivity contribution >= 4 is 5.91 Å². The maximum Gasteiger partial charge on any atom is 0.228 e. The van der Waals surface area contributed by atoms with E-state index in [2.05, 4.69) is 0 Å². The van der Waals surface area contributed by atoms with Crippen molar-refractivity contribution in [2.45, 2.75) is 26.0 Å². The summed E-state index contributed by atoms with van der Waals surface area (Å²) in [6.45, 7) is 3.45. The van der Waals surface area contributed by atoms with Crippen molar-refractivity contribution in [3.63, 3.8) is 0 Å². The number of carbonyl (C=O) groups is 1. The largest absolute Gasteiger partial charge is 0.486 e. The van der Waals surface area contributed by atoms with E-state index in [1.165, 1.54) is 0 Å². The summed E-state index contributed by atoms with van der Waals surface area (Å²) in [6.07, 6.45) is -0.338. The topological polar surface area (TPSA) is 59.0 Å². The standard InChI is InChI=1S/C21H25NO4/c1-3-17(21(24)22(2)14-15-7-5-4-6-8-15)20(23)16-9-10-18-19(13-16)26-12-11-25-18/h4-10,13,17,20,23H,3,11-12,14H2,1-2H3. The summed E-state index contributed by atoms with van der Waals surface area (Å²) in [5.41, 5.74) is 1.73. The molecule has 5 heteroatoms. The van der Waals surface area contributed by atoms with E-state index in [0.717, 1.165) is 5.56 Å². The number of nitrogens with zero attached hydrogens (tertiary/aromatic N) is 1. The molecule has 26 heavy (non-hydrogen) atoms. The van der Waals surface area contributed by atoms with E-state index >= 15 is 0 Å². The molecule has 5 nitrogen and oxygen atoms in total. The fourth-order valence-electron chi connectivity index (χ4n) is 3.23. The summed E-state index contributed by atoms with van der Waals surface area (Å²) in [6, 6.07) is 15.2. The molecule has 0 radical (unpaired) electrons. The van der Waals surface area contributed by atoms with Crippen LogP contribution in [0.5, 0.6) is 11.5 Å². The number of benzene rings is 2. The van der Waals surface area contributed by atoms with Crippen molar-refractivity contribution in [2.24, 2.45) is 5.92 Å². The highest BCUT2D eigenvalue weighted by molar-refractivity contribution is 5.79. The predicted molar refractivity (Wildman–Crippen MR) is 99.1 cm³/mol. The lowest BCUT2D eigenvalue weighted by molar-refractivity contribution is -0.138. The van der Waals surface area contributed by atoms with Crippen LogP contribution in [0, 0.1) is 5.92 Å². The van der Waals surface area contributed by atoms with E-state index < -0.39 is 12.0 Å². The van der Waals surface area contributed by atoms with Crippen LogP contribution in [0.3, 0.4) is 0 Å². The molecule has 0 bridgehead atoms. The van der Waals surface area contributed by atoms with Gasteiger partial charge in [-0.3, -0.25) is 4.79 Å². The summed E-state index contributed by atoms with van der Waals surface area (Å²) >= 11 is 0. The first-order valence-electron chi connectivity index (χ1n) is 8.96. The van der Waals surface area contributed by atoms with Crippen molar-refractivity contribution in [1.82, 2.24) is 4.90 Å². The minimum Gasteiger partial charge on any atom is -0.486 e. The van der Waals surface area contributed by atoms with E-state index in [1.807, 2.05) is 37.3 Å². The van der Waals surface area contributed by atoms with Crippen molar-refractivity contribution in [1.29, 1.82) is 0 Å². The molecule has 138 valence electrons. The zero-order valence-corrected chi connectivity index (χ0v) is 15.2. The molecule has 0 saturated heterocycles. The number of aliphatic hydroxyl groups is 1. The third kappa shape index (κ3) is 3.99. The predicted octanol–water partition coefficient (Wildman–Crippen LogP) is 3.18. The molecular formula is C21H25NO4. The highest BCUT2D eigenvalue weighted by Gasteiger charge is 2.29. The second kappa shape index (κ2) is 8.23. The molecule has 2 aromatic rings. The molecule has 3 rings (SSSR count). The van der Waals surface area contributed by atoms with Gasteiger partial charge in [0, 0.05) is 13.6 Å². The average Bonchev–Trinajstić information content (AvgIpc) is 2.68. The summed E-state index contributed by atoms with van der Waals surface area (Å²) in [5, 5.41) is 10.8. The minimum absolute atomic E-state index is 0.0706. The lowest BCUT2D eigenvalue weighted by Gasteiger charge is -2.27. The number of fused-ring (bicyclic) bond motifs is 1. The Morgan fingerprint density at radius 3 is 2.50 bits per heavy atom. The van der Waals surface area contributed by atoms with Gasteiger partial charge in [0.1, 0.15) is 13.2 Å². The van der Waals surface area contributed by atoms with Crippen LogP contribution in [0.4, 0.5) is 0 Å². The summed E-state index contributed by atoms with van der Waals surface area (Å²) in [7, 11) is 1.77. The smallest absolute Gasteiger partial charge is 0.228 e. The molecular weight excluding hydrogens is 330 g/mol. The van der Waals surface area contributed by atoms with Crippen LogP contribution in [-0.4, -0.2) is 36.2 Å². The van der Waals surface area contributed by atoms with Gasteiger partial charge in [-0.05, 0) is 29.7 Å². The summed E-state index contributed by atoms with van der Waals surface area (Å²) < 4.78 is 11.1. The van der Waals surface area contributed by atoms with Crippen LogP contribution < -0.4 is 9.47 Å². The minimum atomic E-state index is -0.887. The second-order valence-corrected chi connectivity index (χ2v) is 6.54. The number of amides is 1. The molecule has 0 fully saturated rings. The molecule has 1 aliphatic rings. The van der Waals surface area contributed by atoms with E-state index in [4.69, 9.17) is 9.47 Å². The van der Waals surface area contributed by atoms with Gasteiger partial charge in [-0.2, -0.15) is 0 Å². The molecule has 1 aliphatic heterocycles. The Morgan fingerprint density at radius 2 is 1.81 bits per heavy atom. The van der Waals surface area contributed by atoms with Gasteiger partial charge < -0.3 is 19.5 Å². The quantitative estimate of drug-likeness (QED) is 0.865. The van der Waals surface area contributed by atoms with E-state index in [1.54, 1.807) is 30.1 Å². The maximum atomic E-state index is 12.9. The van der Waals surface area contributed by atoms with Gasteiger partial charge in [-0.25, -0.2) is 0 Å². The molecule has 0 aliphatic carbocycles. The fraction of sp³-hybridized carbons (Fsp3) is 0.381. The van der Waals surface area contributed by atoms with Crippen LogP contribution in [0.25, 0.3) is 0 Å². The normalized spacial score (nSPS) is 15.2. The third-order valence-electron chi connectivity index (χ3n) is 4.68. The molecule has 2 unspecified atom stereocenters. The third-order valence-corrected chi connectivity index (χ3v) is 4.68. The molecule has 0 spiro atoms. The second-order valence-electron chi connectivity index (χ2n) is 6.54. The Morgan fingerprint density at radius 1 is 1.12 bits per heavy atom. The Hall–Kier alpha value is -2.53. The number of ether oxygens (including phenoxy) is 2.